The van der Waals surface area contributed by atoms with Crippen molar-refractivity contribution < 1.29 is 0 Å². The molecule has 2 nitrogen and oxygen atoms in total. The lowest BCUT2D eigenvalue weighted by Crippen LogP contribution is -2.28. The Morgan fingerprint density at radius 1 is 1.46 bits per heavy atom. The molecule has 2 heteroatoms. The molecule has 0 amide bonds. The third-order valence-corrected chi connectivity index (χ3v) is 3.28. The van der Waals surface area contributed by atoms with Gasteiger partial charge in [0, 0.05) is 19.5 Å². The van der Waals surface area contributed by atoms with Crippen molar-refractivity contribution in [3.8, 4) is 0 Å². The Labute approximate surface area is 80.8 Å². The van der Waals surface area contributed by atoms with Gasteiger partial charge in [0.25, 0.3) is 0 Å². The Hall–Kier alpha value is -0.530. The lowest BCUT2D eigenvalue weighted by molar-refractivity contribution is 0.452. The summed E-state index contributed by atoms with van der Waals surface area (Å²) in [6, 6.07) is 0. The Morgan fingerprint density at radius 3 is 2.85 bits per heavy atom. The summed E-state index contributed by atoms with van der Waals surface area (Å²) >= 11 is 0. The maximum absolute atomic E-state index is 4.43. The first-order valence-electron chi connectivity index (χ1n) is 5.62. The second kappa shape index (κ2) is 3.69. The number of hydrogen-bond acceptors (Lipinski definition) is 2. The summed E-state index contributed by atoms with van der Waals surface area (Å²) in [4.78, 5) is 4.43. The van der Waals surface area contributed by atoms with Gasteiger partial charge in [0.05, 0.1) is 5.84 Å². The fraction of sp³-hybridized carbons (Fsp3) is 0.909. The van der Waals surface area contributed by atoms with Crippen molar-refractivity contribution in [3.05, 3.63) is 0 Å². The van der Waals surface area contributed by atoms with E-state index >= 15 is 0 Å². The summed E-state index contributed by atoms with van der Waals surface area (Å²) < 4.78 is 0. The van der Waals surface area contributed by atoms with E-state index in [1.54, 1.807) is 0 Å². The highest BCUT2D eigenvalue weighted by molar-refractivity contribution is 5.83. The van der Waals surface area contributed by atoms with E-state index in [-0.39, 0.29) is 0 Å². The van der Waals surface area contributed by atoms with E-state index in [0.717, 1.165) is 6.54 Å². The second-order valence-electron chi connectivity index (χ2n) is 4.54. The normalized spacial score (nSPS) is 24.2. The zero-order valence-corrected chi connectivity index (χ0v) is 8.60. The van der Waals surface area contributed by atoms with Crippen LogP contribution in [-0.2, 0) is 0 Å². The highest BCUT2D eigenvalue weighted by Gasteiger charge is 2.41. The van der Waals surface area contributed by atoms with Gasteiger partial charge in [-0.2, -0.15) is 0 Å². The van der Waals surface area contributed by atoms with Crippen LogP contribution in [0.2, 0.25) is 0 Å². The average molecular weight is 180 g/mol. The minimum absolute atomic E-state index is 0.667. The number of nitrogens with zero attached hydrogens (tertiary/aromatic N) is 1. The van der Waals surface area contributed by atoms with Gasteiger partial charge in [0.1, 0.15) is 0 Å². The molecule has 1 saturated carbocycles. The highest BCUT2D eigenvalue weighted by atomic mass is 15.0. The first-order valence-corrected chi connectivity index (χ1v) is 5.62. The van der Waals surface area contributed by atoms with Crippen LogP contribution in [0.15, 0.2) is 4.99 Å². The highest BCUT2D eigenvalue weighted by Crippen LogP contribution is 2.48. The van der Waals surface area contributed by atoms with Crippen LogP contribution in [0.1, 0.15) is 45.4 Å². The minimum atomic E-state index is 0.667. The zero-order valence-electron chi connectivity index (χ0n) is 8.60. The molecule has 0 radical (unpaired) electrons. The van der Waals surface area contributed by atoms with Gasteiger partial charge in [-0.1, -0.05) is 13.3 Å². The fourth-order valence-electron chi connectivity index (χ4n) is 2.20. The second-order valence-corrected chi connectivity index (χ2v) is 4.54. The van der Waals surface area contributed by atoms with E-state index in [1.165, 1.54) is 50.9 Å². The third-order valence-electron chi connectivity index (χ3n) is 3.28. The molecule has 0 unspecified atom stereocenters. The summed E-state index contributed by atoms with van der Waals surface area (Å²) in [6.07, 6.45) is 8.02. The number of hydrogen-bond donors (Lipinski definition) is 1. The number of aliphatic imine (C=N–C) groups is 1. The first-order chi connectivity index (χ1) is 6.35. The van der Waals surface area contributed by atoms with Gasteiger partial charge in [-0.3, -0.25) is 4.99 Å². The molecule has 1 N–H and O–H groups in total. The van der Waals surface area contributed by atoms with Gasteiger partial charge < -0.3 is 5.32 Å². The molecule has 2 rings (SSSR count). The number of rotatable bonds is 4. The maximum atomic E-state index is 4.43. The van der Waals surface area contributed by atoms with Crippen molar-refractivity contribution >= 4 is 5.84 Å². The van der Waals surface area contributed by atoms with Gasteiger partial charge in [0.2, 0.25) is 0 Å². The molecule has 1 aliphatic carbocycles. The van der Waals surface area contributed by atoms with Gasteiger partial charge in [0.15, 0.2) is 0 Å². The molecule has 0 atom stereocenters. The lowest BCUT2D eigenvalue weighted by atomic mass is 10.0. The molecule has 1 aliphatic heterocycles. The standard InChI is InChI=1S/C11H20N2/c1-2-5-11(6-7-11)9-13-10-4-3-8-12-10/h2-9H2,1H3,(H,12,13). The van der Waals surface area contributed by atoms with Crippen LogP contribution in [0.25, 0.3) is 0 Å². The van der Waals surface area contributed by atoms with Gasteiger partial charge >= 0.3 is 0 Å². The number of amidine groups is 1. The van der Waals surface area contributed by atoms with E-state index < -0.39 is 0 Å². The molecule has 0 spiro atoms. The van der Waals surface area contributed by atoms with Crippen LogP contribution >= 0.6 is 0 Å². The molecule has 0 aromatic heterocycles. The summed E-state index contributed by atoms with van der Waals surface area (Å²) in [6.45, 7) is 4.51. The molecule has 2 aliphatic rings. The van der Waals surface area contributed by atoms with Gasteiger partial charge in [-0.25, -0.2) is 0 Å². The van der Waals surface area contributed by atoms with Crippen LogP contribution in [0.5, 0.6) is 0 Å². The molecule has 1 fully saturated rings. The molecule has 13 heavy (non-hydrogen) atoms. The van der Waals surface area contributed by atoms with Crippen LogP contribution in [0.4, 0.5) is 0 Å². The quantitative estimate of drug-likeness (QED) is 0.705. The summed E-state index contributed by atoms with van der Waals surface area (Å²) in [5.74, 6) is 1.27. The van der Waals surface area contributed by atoms with E-state index in [0.29, 0.717) is 5.41 Å². The summed E-state index contributed by atoms with van der Waals surface area (Å²) in [5.41, 5.74) is 0.667. The molecular formula is C11H20N2. The van der Waals surface area contributed by atoms with Gasteiger partial charge in [-0.05, 0) is 31.1 Å². The topological polar surface area (TPSA) is 24.4 Å². The third kappa shape index (κ3) is 2.23. The predicted octanol–water partition coefficient (Wildman–Crippen LogP) is 2.35. The summed E-state index contributed by atoms with van der Waals surface area (Å²) in [5, 5.41) is 3.52. The Morgan fingerprint density at radius 2 is 2.31 bits per heavy atom. The molecule has 1 heterocycles. The van der Waals surface area contributed by atoms with E-state index in [9.17, 15) is 0 Å². The number of nitrogens with one attached hydrogen (secondary N) is 1. The SMILES string of the molecule is CCCC1(CNC2=NCCC2)CC1. The lowest BCUT2D eigenvalue weighted by Gasteiger charge is -2.15. The van der Waals surface area contributed by atoms with Crippen molar-refractivity contribution in [1.29, 1.82) is 0 Å². The molecule has 74 valence electrons. The van der Waals surface area contributed by atoms with Crippen molar-refractivity contribution in [2.24, 2.45) is 10.4 Å². The van der Waals surface area contributed by atoms with Crippen LogP contribution in [0.3, 0.4) is 0 Å². The Kier molecular flexibility index (Phi) is 2.56. The van der Waals surface area contributed by atoms with Crippen LogP contribution in [-0.4, -0.2) is 18.9 Å². The zero-order chi connectivity index (χ0) is 9.15. The monoisotopic (exact) mass is 180 g/mol. The molecular weight excluding hydrogens is 160 g/mol. The minimum Gasteiger partial charge on any atom is -0.373 e. The fourth-order valence-corrected chi connectivity index (χ4v) is 2.20. The van der Waals surface area contributed by atoms with E-state index in [2.05, 4.69) is 17.2 Å². The maximum Gasteiger partial charge on any atom is 0.0963 e. The van der Waals surface area contributed by atoms with Crippen molar-refractivity contribution in [2.45, 2.75) is 45.4 Å². The molecule has 0 aromatic carbocycles. The average Bonchev–Trinajstić information content (AvgIpc) is 2.71. The Balaban J connectivity index is 1.72. The predicted molar refractivity (Wildman–Crippen MR) is 56.1 cm³/mol. The first kappa shape index (κ1) is 9.04. The Bertz CT molecular complexity index is 204. The molecule has 0 saturated heterocycles. The van der Waals surface area contributed by atoms with E-state index in [1.807, 2.05) is 0 Å². The van der Waals surface area contributed by atoms with Gasteiger partial charge in [-0.15, -0.1) is 0 Å². The molecule has 0 aromatic rings. The van der Waals surface area contributed by atoms with Crippen molar-refractivity contribution in [2.75, 3.05) is 13.1 Å². The molecule has 0 bridgehead atoms. The smallest absolute Gasteiger partial charge is 0.0963 e. The van der Waals surface area contributed by atoms with Crippen molar-refractivity contribution in [1.82, 2.24) is 5.32 Å². The van der Waals surface area contributed by atoms with Crippen molar-refractivity contribution in [3.63, 3.8) is 0 Å². The van der Waals surface area contributed by atoms with Crippen LogP contribution in [0, 0.1) is 5.41 Å². The largest absolute Gasteiger partial charge is 0.373 e. The van der Waals surface area contributed by atoms with E-state index in [4.69, 9.17) is 0 Å². The van der Waals surface area contributed by atoms with Crippen LogP contribution < -0.4 is 5.32 Å². The summed E-state index contributed by atoms with van der Waals surface area (Å²) in [7, 11) is 0.